The Morgan fingerprint density at radius 3 is 2.33 bits per heavy atom. The van der Waals surface area contributed by atoms with Crippen LogP contribution < -0.4 is 15.1 Å². The Hall–Kier alpha value is -2.05. The van der Waals surface area contributed by atoms with Crippen LogP contribution in [0.15, 0.2) is 48.6 Å². The maximum Gasteiger partial charge on any atom is 0.122 e. The molecule has 1 saturated heterocycles. The number of allylic oxidation sites excluding steroid dienone is 1. The topological polar surface area (TPSA) is 12.5 Å². The van der Waals surface area contributed by atoms with Crippen molar-refractivity contribution in [3.8, 4) is 5.75 Å². The zero-order valence-corrected chi connectivity index (χ0v) is 26.4. The number of fused-ring (bicyclic) bond motifs is 1. The average molecular weight is 518 g/mol. The predicted octanol–water partition coefficient (Wildman–Crippen LogP) is 6.63. The van der Waals surface area contributed by atoms with Crippen LogP contribution in [-0.2, 0) is 5.41 Å². The molecule has 1 fully saturated rings. The molecule has 2 aliphatic rings. The molecule has 194 valence electrons. The number of aryl methyl sites for hydroxylation is 1. The van der Waals surface area contributed by atoms with Gasteiger partial charge in [0, 0.05) is 29.9 Å². The molecule has 4 rings (SSSR count). The standard InChI is InChI=1S/C32H47NOSi2/c1-11-20-34-29-26(21-22(2)30(35(7)8)27(29)32(4,5)6)36(9,10)31-23(3)28(33-18-14-15-19-33)24-16-12-13-17-25(24)31/h11-13,16-17,21,31,35H,1,14-15,18-20H2,2-10H3. The Morgan fingerprint density at radius 1 is 1.11 bits per heavy atom. The van der Waals surface area contributed by atoms with E-state index >= 15 is 0 Å². The molecule has 1 atom stereocenters. The fourth-order valence-corrected chi connectivity index (χ4v) is 13.1. The lowest BCUT2D eigenvalue weighted by Gasteiger charge is -2.38. The van der Waals surface area contributed by atoms with Crippen molar-refractivity contribution >= 4 is 32.9 Å². The number of nitrogens with zero attached hydrogens (tertiary/aromatic N) is 1. The summed E-state index contributed by atoms with van der Waals surface area (Å²) in [6.45, 7) is 28.9. The van der Waals surface area contributed by atoms with Crippen LogP contribution in [0.4, 0.5) is 0 Å². The van der Waals surface area contributed by atoms with Crippen molar-refractivity contribution < 1.29 is 4.74 Å². The van der Waals surface area contributed by atoms with E-state index in [0.29, 0.717) is 12.1 Å². The quantitative estimate of drug-likeness (QED) is 0.302. The summed E-state index contributed by atoms with van der Waals surface area (Å²) in [5, 5.41) is 3.07. The van der Waals surface area contributed by atoms with Gasteiger partial charge in [-0.3, -0.25) is 0 Å². The minimum Gasteiger partial charge on any atom is -0.489 e. The molecule has 1 heterocycles. The lowest BCUT2D eigenvalue weighted by molar-refractivity contribution is 0.354. The molecule has 2 aromatic carbocycles. The number of hydrogen-bond donors (Lipinski definition) is 0. The fraction of sp³-hybridized carbons (Fsp3) is 0.500. The largest absolute Gasteiger partial charge is 0.489 e. The van der Waals surface area contributed by atoms with Crippen molar-refractivity contribution in [3.63, 3.8) is 0 Å². The van der Waals surface area contributed by atoms with Gasteiger partial charge in [0.1, 0.15) is 12.4 Å². The highest BCUT2D eigenvalue weighted by Gasteiger charge is 2.46. The molecule has 1 aliphatic heterocycles. The van der Waals surface area contributed by atoms with Crippen molar-refractivity contribution in [2.45, 2.75) is 84.6 Å². The number of benzene rings is 2. The van der Waals surface area contributed by atoms with E-state index in [1.807, 2.05) is 6.08 Å². The number of ether oxygens (including phenoxy) is 1. The van der Waals surface area contributed by atoms with Gasteiger partial charge in [-0.15, -0.1) is 0 Å². The maximum atomic E-state index is 6.70. The summed E-state index contributed by atoms with van der Waals surface area (Å²) < 4.78 is 6.70. The second-order valence-electron chi connectivity index (χ2n) is 12.8. The molecule has 4 heteroatoms. The van der Waals surface area contributed by atoms with Gasteiger partial charge in [0.05, 0.1) is 16.9 Å². The third-order valence-electron chi connectivity index (χ3n) is 8.37. The summed E-state index contributed by atoms with van der Waals surface area (Å²) >= 11 is 0. The highest BCUT2D eigenvalue weighted by atomic mass is 28.3. The van der Waals surface area contributed by atoms with Gasteiger partial charge in [0.15, 0.2) is 0 Å². The highest BCUT2D eigenvalue weighted by Crippen LogP contribution is 2.49. The van der Waals surface area contributed by atoms with E-state index in [2.05, 4.69) is 103 Å². The second kappa shape index (κ2) is 10.0. The number of likely N-dealkylation sites (tertiary alicyclic amines) is 1. The molecule has 0 amide bonds. The molecule has 0 saturated carbocycles. The van der Waals surface area contributed by atoms with Crippen LogP contribution in [0.3, 0.4) is 0 Å². The zero-order valence-electron chi connectivity index (χ0n) is 24.2. The van der Waals surface area contributed by atoms with Gasteiger partial charge in [-0.2, -0.15) is 0 Å². The molecular weight excluding hydrogens is 471 g/mol. The molecular formula is C32H47NOSi2. The summed E-state index contributed by atoms with van der Waals surface area (Å²) in [4.78, 5) is 2.66. The second-order valence-corrected chi connectivity index (χ2v) is 20.3. The Labute approximate surface area is 223 Å². The molecule has 1 aliphatic carbocycles. The number of rotatable bonds is 7. The summed E-state index contributed by atoms with van der Waals surface area (Å²) in [6, 6.07) is 11.8. The third-order valence-corrected chi connectivity index (χ3v) is 14.2. The Morgan fingerprint density at radius 2 is 1.75 bits per heavy atom. The van der Waals surface area contributed by atoms with E-state index in [0.717, 1.165) is 0 Å². The first-order valence-corrected chi connectivity index (χ1v) is 19.8. The first kappa shape index (κ1) is 27.0. The molecule has 36 heavy (non-hydrogen) atoms. The molecule has 0 spiro atoms. The van der Waals surface area contributed by atoms with E-state index in [-0.39, 0.29) is 5.41 Å². The van der Waals surface area contributed by atoms with Gasteiger partial charge in [-0.25, -0.2) is 0 Å². The first-order chi connectivity index (χ1) is 16.9. The van der Waals surface area contributed by atoms with Gasteiger partial charge in [-0.1, -0.05) is 101 Å². The molecule has 0 radical (unpaired) electrons. The molecule has 0 N–H and O–H groups in total. The van der Waals surface area contributed by atoms with Crippen molar-refractivity contribution in [2.75, 3.05) is 19.7 Å². The molecule has 1 unspecified atom stereocenters. The highest BCUT2D eigenvalue weighted by molar-refractivity contribution is 6.92. The maximum absolute atomic E-state index is 6.70. The molecule has 2 nitrogen and oxygen atoms in total. The van der Waals surface area contributed by atoms with Crippen LogP contribution >= 0.6 is 0 Å². The smallest absolute Gasteiger partial charge is 0.122 e. The van der Waals surface area contributed by atoms with Gasteiger partial charge < -0.3 is 9.64 Å². The molecule has 2 aromatic rings. The van der Waals surface area contributed by atoms with Crippen LogP contribution in [-0.4, -0.2) is 41.5 Å². The van der Waals surface area contributed by atoms with E-state index in [4.69, 9.17) is 4.74 Å². The Kier molecular flexibility index (Phi) is 7.51. The van der Waals surface area contributed by atoms with E-state index in [9.17, 15) is 0 Å². The Bertz CT molecular complexity index is 1180. The van der Waals surface area contributed by atoms with Crippen LogP contribution in [0.2, 0.25) is 26.2 Å². The van der Waals surface area contributed by atoms with Gasteiger partial charge in [-0.05, 0) is 54.0 Å². The predicted molar refractivity (Wildman–Crippen MR) is 164 cm³/mol. The van der Waals surface area contributed by atoms with E-state index in [1.165, 1.54) is 64.8 Å². The van der Waals surface area contributed by atoms with Gasteiger partial charge >= 0.3 is 0 Å². The SMILES string of the molecule is C=CCOc1c([Si](C)(C)C2C(C)=C(N3CCCC3)c3ccccc32)cc(C)c([SiH](C)C)c1C(C)(C)C. The van der Waals surface area contributed by atoms with Crippen molar-refractivity contribution in [3.05, 3.63) is 70.8 Å². The normalized spacial score (nSPS) is 18.3. The molecule has 0 bridgehead atoms. The summed E-state index contributed by atoms with van der Waals surface area (Å²) in [6.07, 6.45) is 4.51. The van der Waals surface area contributed by atoms with Crippen LogP contribution in [0.1, 0.15) is 68.3 Å². The monoisotopic (exact) mass is 517 g/mol. The Balaban J connectivity index is 1.99. The zero-order chi connectivity index (χ0) is 26.4. The van der Waals surface area contributed by atoms with Crippen LogP contribution in [0.25, 0.3) is 5.70 Å². The third kappa shape index (κ3) is 4.56. The first-order valence-electron chi connectivity index (χ1n) is 13.9. The number of hydrogen-bond acceptors (Lipinski definition) is 2. The minimum atomic E-state index is -2.08. The van der Waals surface area contributed by atoms with Crippen LogP contribution in [0, 0.1) is 6.92 Å². The van der Waals surface area contributed by atoms with E-state index in [1.54, 1.807) is 10.8 Å². The summed E-state index contributed by atoms with van der Waals surface area (Å²) in [5.41, 5.74) is 9.47. The summed E-state index contributed by atoms with van der Waals surface area (Å²) in [5.74, 6) is 1.17. The van der Waals surface area contributed by atoms with Gasteiger partial charge in [0.2, 0.25) is 0 Å². The molecule has 0 aromatic heterocycles. The fourth-order valence-electron chi connectivity index (χ4n) is 7.07. The lowest BCUT2D eigenvalue weighted by atomic mass is 9.85. The summed E-state index contributed by atoms with van der Waals surface area (Å²) in [7, 11) is -3.15. The van der Waals surface area contributed by atoms with Crippen molar-refractivity contribution in [1.29, 1.82) is 0 Å². The van der Waals surface area contributed by atoms with Crippen LogP contribution in [0.5, 0.6) is 5.75 Å². The van der Waals surface area contributed by atoms with E-state index < -0.39 is 16.9 Å². The lowest BCUT2D eigenvalue weighted by Crippen LogP contribution is -2.51. The average Bonchev–Trinajstić information content (AvgIpc) is 3.41. The minimum absolute atomic E-state index is 0.0214. The van der Waals surface area contributed by atoms with Crippen molar-refractivity contribution in [2.24, 2.45) is 0 Å². The van der Waals surface area contributed by atoms with Crippen molar-refractivity contribution in [1.82, 2.24) is 4.90 Å². The van der Waals surface area contributed by atoms with Gasteiger partial charge in [0.25, 0.3) is 0 Å².